The normalized spacial score (nSPS) is 10.6. The average molecular weight is 398 g/mol. The molecule has 15 heavy (non-hydrogen) atoms. The number of aromatic nitrogens is 3. The van der Waals surface area contributed by atoms with Crippen molar-refractivity contribution in [2.45, 2.75) is 5.33 Å². The summed E-state index contributed by atoms with van der Waals surface area (Å²) in [6.07, 6.45) is 1.85. The number of hydrogen-bond acceptors (Lipinski definition) is 2. The minimum absolute atomic E-state index is 0.674. The maximum atomic E-state index is 6.11. The zero-order valence-electron chi connectivity index (χ0n) is 7.49. The quantitative estimate of drug-likeness (QED) is 0.573. The van der Waals surface area contributed by atoms with E-state index < -0.39 is 0 Å². The second-order valence-electron chi connectivity index (χ2n) is 2.88. The molecule has 0 radical (unpaired) electrons. The highest BCUT2D eigenvalue weighted by atomic mass is 127. The summed E-state index contributed by atoms with van der Waals surface area (Å²) in [7, 11) is 0. The Kier molecular flexibility index (Phi) is 3.63. The van der Waals surface area contributed by atoms with E-state index in [9.17, 15) is 0 Å². The van der Waals surface area contributed by atoms with Crippen LogP contribution in [-0.2, 0) is 5.33 Å². The summed E-state index contributed by atoms with van der Waals surface area (Å²) in [4.78, 5) is 0. The van der Waals surface area contributed by atoms with Gasteiger partial charge in [0.25, 0.3) is 0 Å². The zero-order chi connectivity index (χ0) is 10.8. The Labute approximate surface area is 114 Å². The van der Waals surface area contributed by atoms with Crippen molar-refractivity contribution >= 4 is 50.1 Å². The van der Waals surface area contributed by atoms with Crippen molar-refractivity contribution in [3.8, 4) is 5.69 Å². The molecule has 1 aromatic heterocycles. The monoisotopic (exact) mass is 397 g/mol. The lowest BCUT2D eigenvalue weighted by Crippen LogP contribution is -1.96. The fraction of sp³-hybridized carbons (Fsp3) is 0.111. The Bertz CT molecular complexity index is 486. The van der Waals surface area contributed by atoms with Crippen molar-refractivity contribution in [2.75, 3.05) is 0 Å². The van der Waals surface area contributed by atoms with Crippen molar-refractivity contribution < 1.29 is 0 Å². The topological polar surface area (TPSA) is 30.7 Å². The Hall–Kier alpha value is -0.140. The van der Waals surface area contributed by atoms with E-state index in [4.69, 9.17) is 11.6 Å². The molecule has 0 N–H and O–H groups in total. The summed E-state index contributed by atoms with van der Waals surface area (Å²) in [5, 5.41) is 9.34. The molecule has 78 valence electrons. The lowest BCUT2D eigenvalue weighted by Gasteiger charge is -2.02. The van der Waals surface area contributed by atoms with Crippen LogP contribution >= 0.6 is 50.1 Å². The first-order valence-electron chi connectivity index (χ1n) is 4.13. The molecule has 1 aromatic carbocycles. The molecule has 0 aliphatic rings. The maximum absolute atomic E-state index is 6.11. The molecule has 2 rings (SSSR count). The summed E-state index contributed by atoms with van der Waals surface area (Å²) >= 11 is 11.7. The Morgan fingerprint density at radius 3 is 2.87 bits per heavy atom. The zero-order valence-corrected chi connectivity index (χ0v) is 12.0. The van der Waals surface area contributed by atoms with Crippen LogP contribution in [-0.4, -0.2) is 15.0 Å². The first kappa shape index (κ1) is 11.3. The molecule has 0 unspecified atom stereocenters. The molecule has 6 heteroatoms. The third kappa shape index (κ3) is 2.51. The standard InChI is InChI=1S/C9H6BrClIN3/c10-4-7-5-15(14-13-7)9-2-1-6(12)3-8(9)11/h1-3,5H,4H2. The molecular formula is C9H6BrClIN3. The second kappa shape index (κ2) is 4.80. The van der Waals surface area contributed by atoms with Gasteiger partial charge in [0.05, 0.1) is 22.6 Å². The fourth-order valence-electron chi connectivity index (χ4n) is 1.14. The smallest absolute Gasteiger partial charge is 0.0937 e. The molecule has 0 spiro atoms. The predicted octanol–water partition coefficient (Wildman–Crippen LogP) is 3.42. The largest absolute Gasteiger partial charge is 0.219 e. The maximum Gasteiger partial charge on any atom is 0.0937 e. The van der Waals surface area contributed by atoms with Crippen LogP contribution in [0.4, 0.5) is 0 Å². The van der Waals surface area contributed by atoms with Gasteiger partial charge >= 0.3 is 0 Å². The molecule has 0 saturated heterocycles. The number of nitrogens with zero attached hydrogens (tertiary/aromatic N) is 3. The van der Waals surface area contributed by atoms with Gasteiger partial charge < -0.3 is 0 Å². The van der Waals surface area contributed by atoms with Crippen LogP contribution in [0.15, 0.2) is 24.4 Å². The van der Waals surface area contributed by atoms with Gasteiger partial charge in [-0.3, -0.25) is 0 Å². The van der Waals surface area contributed by atoms with Gasteiger partial charge in [-0.2, -0.15) is 0 Å². The van der Waals surface area contributed by atoms with E-state index >= 15 is 0 Å². The van der Waals surface area contributed by atoms with E-state index in [0.29, 0.717) is 10.4 Å². The van der Waals surface area contributed by atoms with Crippen LogP contribution in [0.3, 0.4) is 0 Å². The van der Waals surface area contributed by atoms with E-state index in [2.05, 4.69) is 48.8 Å². The van der Waals surface area contributed by atoms with Gasteiger partial charge in [-0.1, -0.05) is 32.7 Å². The molecular weight excluding hydrogens is 392 g/mol. The highest BCUT2D eigenvalue weighted by Gasteiger charge is 2.05. The van der Waals surface area contributed by atoms with Crippen LogP contribution < -0.4 is 0 Å². The SMILES string of the molecule is Clc1cc(I)ccc1-n1cc(CBr)nn1. The van der Waals surface area contributed by atoms with Gasteiger partial charge in [0.2, 0.25) is 0 Å². The summed E-state index contributed by atoms with van der Waals surface area (Å²) < 4.78 is 2.77. The van der Waals surface area contributed by atoms with E-state index in [-0.39, 0.29) is 0 Å². The second-order valence-corrected chi connectivity index (χ2v) is 5.10. The van der Waals surface area contributed by atoms with Gasteiger partial charge in [-0.05, 0) is 40.8 Å². The van der Waals surface area contributed by atoms with Crippen LogP contribution in [0.5, 0.6) is 0 Å². The van der Waals surface area contributed by atoms with E-state index in [0.717, 1.165) is 15.0 Å². The summed E-state index contributed by atoms with van der Waals surface area (Å²) in [5.41, 5.74) is 1.72. The number of hydrogen-bond donors (Lipinski definition) is 0. The van der Waals surface area contributed by atoms with Crippen molar-refractivity contribution in [3.63, 3.8) is 0 Å². The van der Waals surface area contributed by atoms with Crippen LogP contribution in [0, 0.1) is 3.57 Å². The first-order valence-corrected chi connectivity index (χ1v) is 6.71. The Balaban J connectivity index is 2.44. The molecule has 0 atom stereocenters. The summed E-state index contributed by atoms with van der Waals surface area (Å²) in [6.45, 7) is 0. The fourth-order valence-corrected chi connectivity index (χ4v) is 2.34. The van der Waals surface area contributed by atoms with Crippen molar-refractivity contribution in [3.05, 3.63) is 38.7 Å². The number of halogens is 3. The summed E-state index contributed by atoms with van der Waals surface area (Å²) in [5.74, 6) is 0. The van der Waals surface area contributed by atoms with Gasteiger partial charge in [-0.15, -0.1) is 5.10 Å². The lowest BCUT2D eigenvalue weighted by molar-refractivity contribution is 0.800. The molecule has 0 bridgehead atoms. The summed E-state index contributed by atoms with van der Waals surface area (Å²) in [6, 6.07) is 5.81. The number of alkyl halides is 1. The van der Waals surface area contributed by atoms with Gasteiger partial charge in [-0.25, -0.2) is 4.68 Å². The number of rotatable bonds is 2. The van der Waals surface area contributed by atoms with Crippen LogP contribution in [0.1, 0.15) is 5.69 Å². The molecule has 2 aromatic rings. The molecule has 0 aliphatic carbocycles. The van der Waals surface area contributed by atoms with Gasteiger partial charge in [0, 0.05) is 8.90 Å². The Morgan fingerprint density at radius 1 is 1.47 bits per heavy atom. The molecule has 0 fully saturated rings. The highest BCUT2D eigenvalue weighted by Crippen LogP contribution is 2.22. The number of benzene rings is 1. The lowest BCUT2D eigenvalue weighted by atomic mass is 10.3. The molecule has 1 heterocycles. The van der Waals surface area contributed by atoms with E-state index in [1.54, 1.807) is 4.68 Å². The minimum atomic E-state index is 0.674. The molecule has 0 amide bonds. The highest BCUT2D eigenvalue weighted by molar-refractivity contribution is 14.1. The Morgan fingerprint density at radius 2 is 2.27 bits per heavy atom. The molecule has 0 saturated carbocycles. The van der Waals surface area contributed by atoms with Gasteiger partial charge in [0.15, 0.2) is 0 Å². The predicted molar refractivity (Wildman–Crippen MR) is 71.7 cm³/mol. The first-order chi connectivity index (χ1) is 7.20. The average Bonchev–Trinajstić information content (AvgIpc) is 2.66. The van der Waals surface area contributed by atoms with E-state index in [1.807, 2.05) is 24.4 Å². The third-order valence-corrected chi connectivity index (χ3v) is 3.38. The van der Waals surface area contributed by atoms with Gasteiger partial charge in [0.1, 0.15) is 0 Å². The van der Waals surface area contributed by atoms with Crippen LogP contribution in [0.2, 0.25) is 5.02 Å². The van der Waals surface area contributed by atoms with Crippen molar-refractivity contribution in [1.82, 2.24) is 15.0 Å². The van der Waals surface area contributed by atoms with Crippen LogP contribution in [0.25, 0.3) is 5.69 Å². The van der Waals surface area contributed by atoms with E-state index in [1.165, 1.54) is 0 Å². The van der Waals surface area contributed by atoms with Crippen molar-refractivity contribution in [1.29, 1.82) is 0 Å². The minimum Gasteiger partial charge on any atom is -0.219 e. The van der Waals surface area contributed by atoms with Crippen molar-refractivity contribution in [2.24, 2.45) is 0 Å². The third-order valence-electron chi connectivity index (χ3n) is 1.83. The molecule has 0 aliphatic heterocycles. The molecule has 3 nitrogen and oxygen atoms in total.